The van der Waals surface area contributed by atoms with Gasteiger partial charge in [0.15, 0.2) is 0 Å². The Balaban J connectivity index is 2.96. The maximum absolute atomic E-state index is 9.06. The van der Waals surface area contributed by atoms with Gasteiger partial charge in [-0.15, -0.1) is 0 Å². The summed E-state index contributed by atoms with van der Waals surface area (Å²) in [5, 5.41) is 17.7. The van der Waals surface area contributed by atoms with E-state index in [1.807, 2.05) is 0 Å². The topological polar surface area (TPSA) is 63.7 Å². The Bertz CT molecular complexity index is 439. The number of rotatable bonds is 5. The zero-order chi connectivity index (χ0) is 12.7. The molecule has 1 aromatic rings. The second-order valence-electron chi connectivity index (χ2n) is 4.25. The molecule has 0 atom stereocenters. The summed E-state index contributed by atoms with van der Waals surface area (Å²) >= 11 is 0. The summed E-state index contributed by atoms with van der Waals surface area (Å²) in [6.07, 6.45) is 3.75. The number of aromatic nitrogens is 1. The number of anilines is 1. The van der Waals surface area contributed by atoms with Crippen molar-refractivity contribution < 1.29 is 0 Å². The van der Waals surface area contributed by atoms with Crippen molar-refractivity contribution in [2.45, 2.75) is 20.3 Å². The first-order valence-electron chi connectivity index (χ1n) is 5.65. The molecule has 0 aromatic carbocycles. The van der Waals surface area contributed by atoms with Crippen LogP contribution in [-0.4, -0.2) is 18.1 Å². The van der Waals surface area contributed by atoms with Crippen molar-refractivity contribution >= 4 is 5.69 Å². The van der Waals surface area contributed by atoms with E-state index >= 15 is 0 Å². The quantitative estimate of drug-likeness (QED) is 0.775. The van der Waals surface area contributed by atoms with Crippen LogP contribution < -0.4 is 4.90 Å². The number of hydrogen-bond donors (Lipinski definition) is 0. The van der Waals surface area contributed by atoms with Crippen LogP contribution >= 0.6 is 0 Å². The smallest absolute Gasteiger partial charge is 0.101 e. The average molecular weight is 228 g/mol. The fraction of sp³-hybridized carbons (Fsp3) is 0.462. The van der Waals surface area contributed by atoms with E-state index in [-0.39, 0.29) is 0 Å². The van der Waals surface area contributed by atoms with Gasteiger partial charge in [-0.3, -0.25) is 4.98 Å². The highest BCUT2D eigenvalue weighted by atomic mass is 15.1. The molecule has 17 heavy (non-hydrogen) atoms. The summed E-state index contributed by atoms with van der Waals surface area (Å²) in [6, 6.07) is 6.00. The highest BCUT2D eigenvalue weighted by molar-refractivity contribution is 5.57. The van der Waals surface area contributed by atoms with Crippen LogP contribution in [0.25, 0.3) is 0 Å². The van der Waals surface area contributed by atoms with E-state index in [4.69, 9.17) is 10.5 Å². The Labute approximate surface area is 102 Å². The highest BCUT2D eigenvalue weighted by Crippen LogP contribution is 2.19. The summed E-state index contributed by atoms with van der Waals surface area (Å²) in [7, 11) is 0. The third-order valence-corrected chi connectivity index (χ3v) is 2.34. The van der Waals surface area contributed by atoms with Gasteiger partial charge in [0, 0.05) is 19.3 Å². The third-order valence-electron chi connectivity index (χ3n) is 2.34. The number of nitriles is 2. The second kappa shape index (κ2) is 6.50. The van der Waals surface area contributed by atoms with Crippen molar-refractivity contribution in [3.63, 3.8) is 0 Å². The van der Waals surface area contributed by atoms with Gasteiger partial charge in [0.1, 0.15) is 6.07 Å². The Hall–Kier alpha value is -2.07. The monoisotopic (exact) mass is 228 g/mol. The lowest BCUT2D eigenvalue weighted by atomic mass is 10.1. The molecule has 1 rings (SSSR count). The van der Waals surface area contributed by atoms with E-state index in [9.17, 15) is 0 Å². The summed E-state index contributed by atoms with van der Waals surface area (Å²) < 4.78 is 0. The number of pyridine rings is 1. The largest absolute Gasteiger partial charge is 0.368 e. The molecule has 0 aliphatic heterocycles. The molecule has 4 nitrogen and oxygen atoms in total. The van der Waals surface area contributed by atoms with Gasteiger partial charge in [-0.1, -0.05) is 13.8 Å². The molecule has 88 valence electrons. The summed E-state index contributed by atoms with van der Waals surface area (Å²) in [4.78, 5) is 6.11. The van der Waals surface area contributed by atoms with Crippen molar-refractivity contribution in [3.8, 4) is 12.1 Å². The van der Waals surface area contributed by atoms with E-state index in [0.29, 0.717) is 24.4 Å². The van der Waals surface area contributed by atoms with Gasteiger partial charge in [0.2, 0.25) is 0 Å². The molecular weight excluding hydrogens is 212 g/mol. The van der Waals surface area contributed by atoms with Crippen molar-refractivity contribution in [2.24, 2.45) is 5.92 Å². The molecule has 0 saturated heterocycles. The van der Waals surface area contributed by atoms with Gasteiger partial charge >= 0.3 is 0 Å². The van der Waals surface area contributed by atoms with Crippen molar-refractivity contribution in [1.82, 2.24) is 4.98 Å². The molecule has 0 fully saturated rings. The molecular formula is C13H16N4. The van der Waals surface area contributed by atoms with Crippen LogP contribution in [0.2, 0.25) is 0 Å². The van der Waals surface area contributed by atoms with E-state index in [1.165, 1.54) is 0 Å². The highest BCUT2D eigenvalue weighted by Gasteiger charge is 2.12. The Morgan fingerprint density at radius 2 is 2.18 bits per heavy atom. The third kappa shape index (κ3) is 3.77. The van der Waals surface area contributed by atoms with Gasteiger partial charge in [0.25, 0.3) is 0 Å². The van der Waals surface area contributed by atoms with Crippen LogP contribution in [0.3, 0.4) is 0 Å². The van der Waals surface area contributed by atoms with Crippen LogP contribution in [0.15, 0.2) is 18.5 Å². The minimum absolute atomic E-state index is 0.451. The molecule has 0 aliphatic rings. The van der Waals surface area contributed by atoms with E-state index in [0.717, 1.165) is 12.2 Å². The molecule has 4 heteroatoms. The van der Waals surface area contributed by atoms with E-state index in [2.05, 4.69) is 35.9 Å². The van der Waals surface area contributed by atoms with E-state index < -0.39 is 0 Å². The predicted molar refractivity (Wildman–Crippen MR) is 66.2 cm³/mol. The molecule has 0 N–H and O–H groups in total. The normalized spacial score (nSPS) is 9.71. The molecule has 0 spiro atoms. The van der Waals surface area contributed by atoms with Crippen LogP contribution in [0.1, 0.15) is 25.8 Å². The van der Waals surface area contributed by atoms with Gasteiger partial charge in [-0.2, -0.15) is 10.5 Å². The molecule has 1 heterocycles. The fourth-order valence-corrected chi connectivity index (χ4v) is 1.67. The van der Waals surface area contributed by atoms with E-state index in [1.54, 1.807) is 18.5 Å². The first-order valence-corrected chi connectivity index (χ1v) is 5.65. The zero-order valence-electron chi connectivity index (χ0n) is 10.2. The standard InChI is InChI=1S/C13H16N4/c1-11(2)10-17(7-3-5-14)13-9-16-6-4-12(13)8-15/h4,6,9,11H,3,7,10H2,1-2H3. The lowest BCUT2D eigenvalue weighted by Crippen LogP contribution is -2.29. The molecule has 1 aromatic heterocycles. The second-order valence-corrected chi connectivity index (χ2v) is 4.25. The molecule has 0 amide bonds. The van der Waals surface area contributed by atoms with Crippen molar-refractivity contribution in [1.29, 1.82) is 10.5 Å². The predicted octanol–water partition coefficient (Wildman–Crippen LogP) is 2.33. The maximum Gasteiger partial charge on any atom is 0.101 e. The SMILES string of the molecule is CC(C)CN(CCC#N)c1cnccc1C#N. The molecule has 0 aliphatic carbocycles. The summed E-state index contributed by atoms with van der Waals surface area (Å²) in [6.45, 7) is 5.68. The van der Waals surface area contributed by atoms with Gasteiger partial charge in [-0.25, -0.2) is 0 Å². The van der Waals surface area contributed by atoms with Crippen LogP contribution in [0.4, 0.5) is 5.69 Å². The molecule has 0 bridgehead atoms. The minimum Gasteiger partial charge on any atom is -0.368 e. The molecule has 0 radical (unpaired) electrons. The van der Waals surface area contributed by atoms with Gasteiger partial charge < -0.3 is 4.90 Å². The summed E-state index contributed by atoms with van der Waals surface area (Å²) in [5.74, 6) is 0.473. The van der Waals surface area contributed by atoms with Crippen LogP contribution in [0, 0.1) is 28.6 Å². The first-order chi connectivity index (χ1) is 8.19. The van der Waals surface area contributed by atoms with Crippen LogP contribution in [-0.2, 0) is 0 Å². The van der Waals surface area contributed by atoms with Gasteiger partial charge in [0.05, 0.1) is 29.9 Å². The number of nitrogens with zero attached hydrogens (tertiary/aromatic N) is 4. The lowest BCUT2D eigenvalue weighted by Gasteiger charge is -2.26. The minimum atomic E-state index is 0.451. The average Bonchev–Trinajstić information content (AvgIpc) is 2.34. The Kier molecular flexibility index (Phi) is 4.97. The maximum atomic E-state index is 9.06. The van der Waals surface area contributed by atoms with Crippen molar-refractivity contribution in [3.05, 3.63) is 24.0 Å². The molecule has 0 unspecified atom stereocenters. The number of hydrogen-bond acceptors (Lipinski definition) is 4. The zero-order valence-corrected chi connectivity index (χ0v) is 10.2. The Morgan fingerprint density at radius 1 is 1.41 bits per heavy atom. The Morgan fingerprint density at radius 3 is 2.76 bits per heavy atom. The molecule has 0 saturated carbocycles. The summed E-state index contributed by atoms with van der Waals surface area (Å²) in [5.41, 5.74) is 1.43. The van der Waals surface area contributed by atoms with Crippen LogP contribution in [0.5, 0.6) is 0 Å². The first kappa shape index (κ1) is 13.0. The lowest BCUT2D eigenvalue weighted by molar-refractivity contribution is 0.611. The fourth-order valence-electron chi connectivity index (χ4n) is 1.67. The van der Waals surface area contributed by atoms with Gasteiger partial charge in [-0.05, 0) is 12.0 Å². The van der Waals surface area contributed by atoms with Crippen molar-refractivity contribution in [2.75, 3.05) is 18.0 Å².